The van der Waals surface area contributed by atoms with Gasteiger partial charge >= 0.3 is 0 Å². The molecule has 8 nitrogen and oxygen atoms in total. The lowest BCUT2D eigenvalue weighted by Crippen LogP contribution is -2.54. The van der Waals surface area contributed by atoms with Crippen molar-refractivity contribution in [3.63, 3.8) is 0 Å². The fraction of sp³-hybridized carbons (Fsp3) is 0.889. The first kappa shape index (κ1) is 16.4. The van der Waals surface area contributed by atoms with Gasteiger partial charge in [0, 0.05) is 6.42 Å². The predicted octanol–water partition coefficient (Wildman–Crippen LogP) is -3.92. The number of hydrogen-bond donors (Lipinski definition) is 7. The molecule has 0 rings (SSSR count). The Morgan fingerprint density at radius 2 is 1.65 bits per heavy atom. The van der Waals surface area contributed by atoms with Gasteiger partial charge in [0.05, 0.1) is 6.61 Å². The number of aliphatic hydroxyl groups excluding tert-OH is 5. The van der Waals surface area contributed by atoms with Gasteiger partial charge in [-0.1, -0.05) is 6.92 Å². The summed E-state index contributed by atoms with van der Waals surface area (Å²) in [7, 11) is 0. The lowest BCUT2D eigenvalue weighted by molar-refractivity contribution is -0.228. The topological polar surface area (TPSA) is 159 Å². The van der Waals surface area contributed by atoms with Gasteiger partial charge in [0.1, 0.15) is 18.3 Å². The molecule has 0 fully saturated rings. The van der Waals surface area contributed by atoms with E-state index in [1.54, 1.807) is 0 Å². The van der Waals surface area contributed by atoms with Crippen LogP contribution in [-0.2, 0) is 4.79 Å². The van der Waals surface area contributed by atoms with Crippen LogP contribution in [0, 0.1) is 0 Å². The van der Waals surface area contributed by atoms with Crippen molar-refractivity contribution in [2.24, 2.45) is 0 Å². The van der Waals surface area contributed by atoms with E-state index in [0.29, 0.717) is 0 Å². The zero-order chi connectivity index (χ0) is 13.8. The lowest BCUT2D eigenvalue weighted by atomic mass is 9.95. The van der Waals surface area contributed by atoms with E-state index in [9.17, 15) is 20.1 Å². The zero-order valence-corrected chi connectivity index (χ0v) is 9.26. The first-order valence-corrected chi connectivity index (χ1v) is 5.00. The Morgan fingerprint density at radius 1 is 1.18 bits per heavy atom. The van der Waals surface area contributed by atoms with Crippen LogP contribution >= 0.6 is 0 Å². The standard InChI is InChI=1S/C9H18O8/c1-2-9(16,17)8(15)7(14)6(13)5(12)4(11)3-10/h4-6,8,10-13,15-17H,2-3H2,1H3/t4-,5-,6+,8?/m1/s1. The third kappa shape index (κ3) is 3.96. The second-order valence-electron chi connectivity index (χ2n) is 3.72. The van der Waals surface area contributed by atoms with Gasteiger partial charge < -0.3 is 35.7 Å². The third-order valence-electron chi connectivity index (χ3n) is 2.42. The third-order valence-corrected chi connectivity index (χ3v) is 2.42. The Hall–Kier alpha value is -0.610. The van der Waals surface area contributed by atoms with E-state index in [0.717, 1.165) is 0 Å². The summed E-state index contributed by atoms with van der Waals surface area (Å²) in [4.78, 5) is 11.3. The monoisotopic (exact) mass is 254 g/mol. The maximum absolute atomic E-state index is 11.3. The Bertz CT molecular complexity index is 253. The molecule has 0 saturated heterocycles. The molecule has 1 unspecified atom stereocenters. The van der Waals surface area contributed by atoms with Crippen LogP contribution in [-0.4, -0.2) is 78.3 Å². The number of rotatable bonds is 7. The second-order valence-corrected chi connectivity index (χ2v) is 3.72. The summed E-state index contributed by atoms with van der Waals surface area (Å²) in [6.45, 7) is 0.376. The molecule has 7 N–H and O–H groups in total. The molecule has 0 aromatic rings. The highest BCUT2D eigenvalue weighted by molar-refractivity contribution is 5.88. The van der Waals surface area contributed by atoms with Crippen LogP contribution in [0.15, 0.2) is 0 Å². The number of Topliss-reactive ketones (excluding diaryl/α,β-unsaturated/α-hetero) is 1. The Balaban J connectivity index is 4.71. The van der Waals surface area contributed by atoms with Crippen LogP contribution < -0.4 is 0 Å². The summed E-state index contributed by atoms with van der Waals surface area (Å²) in [6, 6.07) is 0. The smallest absolute Gasteiger partial charge is 0.197 e. The minimum Gasteiger partial charge on any atom is -0.394 e. The van der Waals surface area contributed by atoms with Crippen molar-refractivity contribution in [2.45, 2.75) is 43.5 Å². The van der Waals surface area contributed by atoms with Crippen LogP contribution in [0.3, 0.4) is 0 Å². The lowest BCUT2D eigenvalue weighted by Gasteiger charge is -2.28. The van der Waals surface area contributed by atoms with Gasteiger partial charge in [0.2, 0.25) is 0 Å². The minimum absolute atomic E-state index is 0.384. The summed E-state index contributed by atoms with van der Waals surface area (Å²) in [5, 5.41) is 63.5. The van der Waals surface area contributed by atoms with Crippen LogP contribution in [0.5, 0.6) is 0 Å². The Morgan fingerprint density at radius 3 is 2.00 bits per heavy atom. The average molecular weight is 254 g/mol. The first-order chi connectivity index (χ1) is 7.68. The largest absolute Gasteiger partial charge is 0.394 e. The number of ketones is 1. The Labute approximate surface area is 97.4 Å². The zero-order valence-electron chi connectivity index (χ0n) is 9.26. The van der Waals surface area contributed by atoms with Crippen molar-refractivity contribution in [3.8, 4) is 0 Å². The van der Waals surface area contributed by atoms with Crippen molar-refractivity contribution in [1.29, 1.82) is 0 Å². The quantitative estimate of drug-likeness (QED) is 0.227. The minimum atomic E-state index is -2.73. The first-order valence-electron chi connectivity index (χ1n) is 5.00. The van der Waals surface area contributed by atoms with Gasteiger partial charge in [0.15, 0.2) is 17.7 Å². The predicted molar refractivity (Wildman–Crippen MR) is 53.6 cm³/mol. The Kier molecular flexibility index (Phi) is 6.13. The highest BCUT2D eigenvalue weighted by Gasteiger charge is 2.42. The van der Waals surface area contributed by atoms with E-state index in [1.807, 2.05) is 0 Å². The molecular formula is C9H18O8. The van der Waals surface area contributed by atoms with Gasteiger partial charge in [-0.3, -0.25) is 4.79 Å². The summed E-state index contributed by atoms with van der Waals surface area (Å²) >= 11 is 0. The maximum atomic E-state index is 11.3. The van der Waals surface area contributed by atoms with Gasteiger partial charge in [0.25, 0.3) is 0 Å². The number of aliphatic hydroxyl groups is 7. The van der Waals surface area contributed by atoms with Crippen LogP contribution in [0.25, 0.3) is 0 Å². The molecule has 0 aromatic heterocycles. The van der Waals surface area contributed by atoms with E-state index in [4.69, 9.17) is 20.4 Å². The van der Waals surface area contributed by atoms with Crippen LogP contribution in [0.1, 0.15) is 13.3 Å². The van der Waals surface area contributed by atoms with Gasteiger partial charge in [-0.2, -0.15) is 0 Å². The molecule has 0 radical (unpaired) electrons. The molecule has 0 aliphatic heterocycles. The van der Waals surface area contributed by atoms with Crippen LogP contribution in [0.4, 0.5) is 0 Å². The van der Waals surface area contributed by atoms with Crippen molar-refractivity contribution in [1.82, 2.24) is 0 Å². The molecule has 0 heterocycles. The molecule has 102 valence electrons. The molecule has 0 spiro atoms. The molecule has 0 aromatic carbocycles. The van der Waals surface area contributed by atoms with Gasteiger partial charge in [-0.25, -0.2) is 0 Å². The molecule has 0 bridgehead atoms. The number of carbonyl (C=O) groups is 1. The highest BCUT2D eigenvalue weighted by atomic mass is 16.5. The molecule has 17 heavy (non-hydrogen) atoms. The molecule has 0 saturated carbocycles. The molecule has 0 aliphatic carbocycles. The van der Waals surface area contributed by atoms with E-state index >= 15 is 0 Å². The van der Waals surface area contributed by atoms with Crippen LogP contribution in [0.2, 0.25) is 0 Å². The highest BCUT2D eigenvalue weighted by Crippen LogP contribution is 2.15. The maximum Gasteiger partial charge on any atom is 0.197 e. The second kappa shape index (κ2) is 6.36. The van der Waals surface area contributed by atoms with E-state index in [1.165, 1.54) is 6.92 Å². The van der Waals surface area contributed by atoms with Crippen molar-refractivity contribution < 1.29 is 40.5 Å². The molecule has 8 heteroatoms. The van der Waals surface area contributed by atoms with Crippen molar-refractivity contribution in [2.75, 3.05) is 6.61 Å². The van der Waals surface area contributed by atoms with E-state index < -0.39 is 42.6 Å². The number of carbonyl (C=O) groups excluding carboxylic acids is 1. The van der Waals surface area contributed by atoms with Gasteiger partial charge in [-0.05, 0) is 0 Å². The summed E-state index contributed by atoms with van der Waals surface area (Å²) in [5.41, 5.74) is 0. The molecular weight excluding hydrogens is 236 g/mol. The average Bonchev–Trinajstić information content (AvgIpc) is 2.33. The van der Waals surface area contributed by atoms with E-state index in [2.05, 4.69) is 0 Å². The van der Waals surface area contributed by atoms with Gasteiger partial charge in [-0.15, -0.1) is 0 Å². The fourth-order valence-corrected chi connectivity index (χ4v) is 1.07. The van der Waals surface area contributed by atoms with E-state index in [-0.39, 0.29) is 6.42 Å². The summed E-state index contributed by atoms with van der Waals surface area (Å²) in [5.74, 6) is -4.20. The summed E-state index contributed by atoms with van der Waals surface area (Å²) in [6.07, 6.45) is -8.77. The van der Waals surface area contributed by atoms with Crippen molar-refractivity contribution >= 4 is 5.78 Å². The molecule has 0 amide bonds. The number of hydrogen-bond acceptors (Lipinski definition) is 8. The fourth-order valence-electron chi connectivity index (χ4n) is 1.07. The van der Waals surface area contributed by atoms with Crippen molar-refractivity contribution in [3.05, 3.63) is 0 Å². The molecule has 4 atom stereocenters. The normalized spacial score (nSPS) is 19.5. The molecule has 0 aliphatic rings. The SMILES string of the molecule is CCC(O)(O)C(O)C(=O)[C@@H](O)[C@H](O)[C@H](O)CO. The summed E-state index contributed by atoms with van der Waals surface area (Å²) < 4.78 is 0.